The minimum Gasteiger partial charge on any atom is -0.339 e. The number of nitrogens with one attached hydrogen (secondary N) is 1. The highest BCUT2D eigenvalue weighted by Crippen LogP contribution is 2.60. The van der Waals surface area contributed by atoms with E-state index in [0.717, 1.165) is 23.6 Å². The van der Waals surface area contributed by atoms with Gasteiger partial charge in [0.25, 0.3) is 0 Å². The first kappa shape index (κ1) is 9.33. The molecule has 1 N–H and O–H groups in total. The van der Waals surface area contributed by atoms with E-state index in [9.17, 15) is 0 Å². The van der Waals surface area contributed by atoms with Crippen LogP contribution in [0.15, 0.2) is 4.52 Å². The molecule has 0 radical (unpaired) electrons. The van der Waals surface area contributed by atoms with Gasteiger partial charge in [-0.3, -0.25) is 0 Å². The van der Waals surface area contributed by atoms with E-state index >= 15 is 0 Å². The molecule has 0 aliphatic heterocycles. The van der Waals surface area contributed by atoms with Gasteiger partial charge in [-0.2, -0.15) is 4.98 Å². The smallest absolute Gasteiger partial charge is 0.230 e. The lowest BCUT2D eigenvalue weighted by Gasteiger charge is -2.04. The van der Waals surface area contributed by atoms with Crippen LogP contribution in [-0.4, -0.2) is 17.2 Å². The summed E-state index contributed by atoms with van der Waals surface area (Å²) < 4.78 is 5.33. The van der Waals surface area contributed by atoms with Crippen LogP contribution in [0.2, 0.25) is 0 Å². The van der Waals surface area contributed by atoms with Gasteiger partial charge in [0, 0.05) is 5.92 Å². The molecule has 1 aromatic rings. The molecule has 4 heteroatoms. The third-order valence-corrected chi connectivity index (χ3v) is 3.76. The van der Waals surface area contributed by atoms with Gasteiger partial charge in [-0.05, 0) is 31.7 Å². The van der Waals surface area contributed by atoms with Gasteiger partial charge in [0.05, 0.1) is 6.54 Å². The molecule has 2 aliphatic carbocycles. The molecule has 1 aromatic heterocycles. The van der Waals surface area contributed by atoms with Crippen LogP contribution in [0.1, 0.15) is 43.3 Å². The second-order valence-corrected chi connectivity index (χ2v) is 4.72. The van der Waals surface area contributed by atoms with E-state index in [1.54, 1.807) is 0 Å². The van der Waals surface area contributed by atoms with Crippen molar-refractivity contribution >= 4 is 0 Å². The maximum absolute atomic E-state index is 5.33. The van der Waals surface area contributed by atoms with Gasteiger partial charge in [-0.25, -0.2) is 0 Å². The zero-order chi connectivity index (χ0) is 10.3. The first-order chi connectivity index (χ1) is 7.40. The molecular weight excluding hydrogens is 190 g/mol. The maximum atomic E-state index is 5.33. The van der Waals surface area contributed by atoms with Gasteiger partial charge in [-0.15, -0.1) is 0 Å². The summed E-state index contributed by atoms with van der Waals surface area (Å²) in [5.74, 6) is 3.96. The summed E-state index contributed by atoms with van der Waals surface area (Å²) in [7, 11) is 1.90. The van der Waals surface area contributed by atoms with E-state index in [1.165, 1.54) is 25.7 Å². The van der Waals surface area contributed by atoms with E-state index in [1.807, 2.05) is 7.05 Å². The average molecular weight is 207 g/mol. The average Bonchev–Trinajstić information content (AvgIpc) is 2.82. The maximum Gasteiger partial charge on any atom is 0.230 e. The van der Waals surface area contributed by atoms with Crippen molar-refractivity contribution in [3.05, 3.63) is 11.7 Å². The number of hydrogen-bond donors (Lipinski definition) is 1. The lowest BCUT2D eigenvalue weighted by Crippen LogP contribution is -2.06. The Balaban J connectivity index is 1.71. The first-order valence-electron chi connectivity index (χ1n) is 5.87. The van der Waals surface area contributed by atoms with Crippen LogP contribution in [0.25, 0.3) is 0 Å². The molecule has 2 fully saturated rings. The van der Waals surface area contributed by atoms with Crippen LogP contribution >= 0.6 is 0 Å². The summed E-state index contributed by atoms with van der Waals surface area (Å²) in [6.07, 6.45) is 5.49. The number of rotatable bonds is 3. The lowest BCUT2D eigenvalue weighted by atomic mass is 10.0. The standard InChI is InChI=1S/C11H17N3O/c1-12-6-9-13-11(15-14-9)10-7-4-2-3-5-8(7)10/h7-8,10,12H,2-6H2,1H3. The summed E-state index contributed by atoms with van der Waals surface area (Å²) in [5.41, 5.74) is 0. The molecule has 0 spiro atoms. The van der Waals surface area contributed by atoms with Crippen molar-refractivity contribution in [2.45, 2.75) is 38.1 Å². The Bertz CT molecular complexity index is 337. The molecule has 82 valence electrons. The highest BCUT2D eigenvalue weighted by Gasteiger charge is 2.54. The third kappa shape index (κ3) is 1.57. The molecule has 3 rings (SSSR count). The Labute approximate surface area is 89.4 Å². The zero-order valence-electron chi connectivity index (χ0n) is 9.07. The van der Waals surface area contributed by atoms with Gasteiger partial charge in [-0.1, -0.05) is 18.0 Å². The fraction of sp³-hybridized carbons (Fsp3) is 0.818. The Hall–Kier alpha value is -0.900. The quantitative estimate of drug-likeness (QED) is 0.819. The molecule has 2 atom stereocenters. The second-order valence-electron chi connectivity index (χ2n) is 4.72. The van der Waals surface area contributed by atoms with Crippen molar-refractivity contribution in [2.75, 3.05) is 7.05 Å². The van der Waals surface area contributed by atoms with Crippen LogP contribution < -0.4 is 5.32 Å². The summed E-state index contributed by atoms with van der Waals surface area (Å²) in [5, 5.41) is 7.01. The molecule has 1 heterocycles. The monoisotopic (exact) mass is 207 g/mol. The predicted molar refractivity (Wildman–Crippen MR) is 55.3 cm³/mol. The highest BCUT2D eigenvalue weighted by molar-refractivity contribution is 5.14. The summed E-state index contributed by atoms with van der Waals surface area (Å²) in [6, 6.07) is 0. The van der Waals surface area contributed by atoms with Crippen molar-refractivity contribution in [1.82, 2.24) is 15.5 Å². The topological polar surface area (TPSA) is 51.0 Å². The van der Waals surface area contributed by atoms with Crippen LogP contribution in [0.5, 0.6) is 0 Å². The van der Waals surface area contributed by atoms with E-state index in [-0.39, 0.29) is 0 Å². The number of hydrogen-bond acceptors (Lipinski definition) is 4. The molecule has 2 unspecified atom stereocenters. The normalized spacial score (nSPS) is 33.8. The zero-order valence-corrected chi connectivity index (χ0v) is 9.07. The number of nitrogens with zero attached hydrogens (tertiary/aromatic N) is 2. The van der Waals surface area contributed by atoms with Crippen LogP contribution in [-0.2, 0) is 6.54 Å². The fourth-order valence-corrected chi connectivity index (χ4v) is 2.99. The fourth-order valence-electron chi connectivity index (χ4n) is 2.99. The Morgan fingerprint density at radius 3 is 2.73 bits per heavy atom. The van der Waals surface area contributed by atoms with Crippen molar-refractivity contribution in [1.29, 1.82) is 0 Å². The molecule has 0 aromatic carbocycles. The Kier molecular flexibility index (Phi) is 2.24. The van der Waals surface area contributed by atoms with Crippen molar-refractivity contribution in [3.63, 3.8) is 0 Å². The molecule has 2 saturated carbocycles. The molecular formula is C11H17N3O. The number of fused-ring (bicyclic) bond motifs is 1. The van der Waals surface area contributed by atoms with Crippen molar-refractivity contribution < 1.29 is 4.52 Å². The molecule has 0 amide bonds. The van der Waals surface area contributed by atoms with Crippen molar-refractivity contribution in [3.8, 4) is 0 Å². The predicted octanol–water partition coefficient (Wildman–Crippen LogP) is 1.69. The molecule has 0 saturated heterocycles. The van der Waals surface area contributed by atoms with Crippen LogP contribution in [0.3, 0.4) is 0 Å². The van der Waals surface area contributed by atoms with E-state index in [2.05, 4.69) is 15.5 Å². The van der Waals surface area contributed by atoms with Gasteiger partial charge >= 0.3 is 0 Å². The van der Waals surface area contributed by atoms with Crippen molar-refractivity contribution in [2.24, 2.45) is 11.8 Å². The minimum atomic E-state index is 0.589. The van der Waals surface area contributed by atoms with Gasteiger partial charge < -0.3 is 9.84 Å². The van der Waals surface area contributed by atoms with E-state index < -0.39 is 0 Å². The Morgan fingerprint density at radius 2 is 2.07 bits per heavy atom. The molecule has 15 heavy (non-hydrogen) atoms. The summed E-state index contributed by atoms with van der Waals surface area (Å²) in [4.78, 5) is 4.45. The van der Waals surface area contributed by atoms with E-state index in [4.69, 9.17) is 4.52 Å². The third-order valence-electron chi connectivity index (χ3n) is 3.76. The minimum absolute atomic E-state index is 0.589. The highest BCUT2D eigenvalue weighted by atomic mass is 16.5. The number of aromatic nitrogens is 2. The molecule has 4 nitrogen and oxygen atoms in total. The molecule has 2 aliphatic rings. The lowest BCUT2D eigenvalue weighted by molar-refractivity contribution is 0.367. The van der Waals surface area contributed by atoms with Crippen LogP contribution in [0.4, 0.5) is 0 Å². The van der Waals surface area contributed by atoms with E-state index in [0.29, 0.717) is 12.5 Å². The van der Waals surface area contributed by atoms with Gasteiger partial charge in [0.2, 0.25) is 5.89 Å². The summed E-state index contributed by atoms with van der Waals surface area (Å²) >= 11 is 0. The van der Waals surface area contributed by atoms with Gasteiger partial charge in [0.1, 0.15) is 0 Å². The second kappa shape index (κ2) is 3.59. The summed E-state index contributed by atoms with van der Waals surface area (Å²) in [6.45, 7) is 0.700. The SMILES string of the molecule is CNCc1noc(C2C3CCCCC32)n1. The first-order valence-corrected chi connectivity index (χ1v) is 5.87. The van der Waals surface area contributed by atoms with Crippen LogP contribution in [0, 0.1) is 11.8 Å². The van der Waals surface area contributed by atoms with Gasteiger partial charge in [0.15, 0.2) is 5.82 Å². The Morgan fingerprint density at radius 1 is 1.33 bits per heavy atom. The largest absolute Gasteiger partial charge is 0.339 e. The molecule has 0 bridgehead atoms.